The van der Waals surface area contributed by atoms with E-state index in [1.807, 2.05) is 82.2 Å². The largest absolute Gasteiger partial charge is 0.390 e. The van der Waals surface area contributed by atoms with Gasteiger partial charge in [-0.25, -0.2) is 0 Å². The number of thioether (sulfide) groups is 1. The lowest BCUT2D eigenvalue weighted by atomic mass is 9.91. The second-order valence-electron chi connectivity index (χ2n) is 28.4. The van der Waals surface area contributed by atoms with Crippen LogP contribution in [0.25, 0.3) is 0 Å². The average molecular weight is 1350 g/mol. The van der Waals surface area contributed by atoms with Gasteiger partial charge in [0.25, 0.3) is 0 Å². The molecule has 0 unspecified atom stereocenters. The summed E-state index contributed by atoms with van der Waals surface area (Å²) in [6, 6.07) is -13.7. The molecule has 13 atom stereocenters. The zero-order valence-corrected chi connectivity index (χ0v) is 63.1. The van der Waals surface area contributed by atoms with Gasteiger partial charge in [0.05, 0.1) is 6.10 Å². The molecule has 0 aromatic carbocycles. The zero-order valence-electron chi connectivity index (χ0n) is 62.3. The number of hydrogen-bond acceptors (Lipinski definition) is 14. The van der Waals surface area contributed by atoms with Gasteiger partial charge in [-0.15, -0.1) is 0 Å². The fraction of sp³-hybridized carbons (Fsp3) is 0.812. The molecule has 5 N–H and O–H groups in total. The maximum atomic E-state index is 15.4. The molecule has 11 amide bonds. The molecule has 0 aromatic rings. The van der Waals surface area contributed by atoms with Crippen LogP contribution in [0, 0.1) is 41.4 Å². The summed E-state index contributed by atoms with van der Waals surface area (Å²) in [4.78, 5) is 175. The summed E-state index contributed by atoms with van der Waals surface area (Å²) in [5, 5.41) is 23.5. The van der Waals surface area contributed by atoms with Crippen LogP contribution in [0.5, 0.6) is 0 Å². The molecule has 0 radical (unpaired) electrons. The van der Waals surface area contributed by atoms with Gasteiger partial charge in [0, 0.05) is 67.4 Å². The van der Waals surface area contributed by atoms with Crippen molar-refractivity contribution in [2.45, 2.75) is 243 Å². The van der Waals surface area contributed by atoms with Gasteiger partial charge in [-0.2, -0.15) is 11.8 Å². The molecule has 24 nitrogen and oxygen atoms in total. The first-order valence-electron chi connectivity index (χ1n) is 34.3. The highest BCUT2D eigenvalue weighted by Gasteiger charge is 2.46. The van der Waals surface area contributed by atoms with Crippen molar-refractivity contribution in [3.63, 3.8) is 0 Å². The van der Waals surface area contributed by atoms with Gasteiger partial charge < -0.3 is 65.6 Å². The summed E-state index contributed by atoms with van der Waals surface area (Å²) in [7, 11) is 10.1. The van der Waals surface area contributed by atoms with Crippen LogP contribution in [-0.4, -0.2) is 262 Å². The van der Waals surface area contributed by atoms with Crippen molar-refractivity contribution in [1.82, 2.24) is 60.5 Å². The molecule has 1 saturated heterocycles. The zero-order chi connectivity index (χ0) is 72.7. The van der Waals surface area contributed by atoms with E-state index < -0.39 is 155 Å². The number of aliphatic hydroxyl groups is 1. The van der Waals surface area contributed by atoms with E-state index in [9.17, 15) is 29.1 Å². The molecule has 25 heteroatoms. The first kappa shape index (κ1) is 86.2. The second kappa shape index (κ2) is 40.7. The number of carbonyl (C=O) groups is 11. The Morgan fingerprint density at radius 3 is 1.31 bits per heavy atom. The van der Waals surface area contributed by atoms with E-state index in [1.54, 1.807) is 47.6 Å². The van der Waals surface area contributed by atoms with Crippen molar-refractivity contribution in [2.24, 2.45) is 41.4 Å². The summed E-state index contributed by atoms with van der Waals surface area (Å²) in [5.41, 5.74) is 0. The monoisotopic (exact) mass is 1350 g/mol. The molecule has 1 aliphatic heterocycles. The second-order valence-corrected chi connectivity index (χ2v) is 29.6. The van der Waals surface area contributed by atoms with Crippen molar-refractivity contribution in [2.75, 3.05) is 80.5 Å². The summed E-state index contributed by atoms with van der Waals surface area (Å²) in [6.45, 7) is 36.5. The van der Waals surface area contributed by atoms with Gasteiger partial charge in [0.2, 0.25) is 65.0 Å². The summed E-state index contributed by atoms with van der Waals surface area (Å²) >= 11 is 1.44. The number of hydrogen-bond donors (Lipinski definition) is 5. The molecule has 540 valence electrons. The van der Waals surface area contributed by atoms with Crippen LogP contribution < -0.4 is 21.3 Å². The number of nitrogens with zero attached hydrogens (tertiary/aromatic N) is 8. The Kier molecular flexibility index (Phi) is 37.3. The van der Waals surface area contributed by atoms with Crippen LogP contribution in [0.15, 0.2) is 12.2 Å². The molecule has 0 aromatic heterocycles. The first-order chi connectivity index (χ1) is 43.6. The van der Waals surface area contributed by atoms with Gasteiger partial charge >= 0.3 is 0 Å². The maximum absolute atomic E-state index is 15.4. The smallest absolute Gasteiger partial charge is 0.246 e. The van der Waals surface area contributed by atoms with Gasteiger partial charge in [-0.3, -0.25) is 52.7 Å². The molecule has 1 heterocycles. The summed E-state index contributed by atoms with van der Waals surface area (Å²) < 4.78 is 0. The SMILES string of the molecule is C/C=C/C[C@@H](C)[C@@H](O)[C@H]1C(=O)N[C@@H](CC)C(=O)N(C)[C@H](CSCCN(CC)CC)C(=O)N(C)[C@@H](CC(C)C)C(=O)N[C@@H](C(C)C)C(=O)N(C)[C@@H](CC(C)C)C(=O)N[C@@H](C)C(=O)N[C@@H](C)C(=O)N(C)[C@@H](CC(C)C)C(=O)N(C)[C@@H](CC(C)C)C(=O)N(C)[C@@H](C(C)C)C(=O)N1C. The molecule has 1 rings (SSSR count). The molecule has 0 bridgehead atoms. The van der Waals surface area contributed by atoms with Crippen LogP contribution in [-0.2, 0) is 52.7 Å². The molecule has 0 saturated carbocycles. The predicted molar refractivity (Wildman–Crippen MR) is 372 cm³/mol. The summed E-state index contributed by atoms with van der Waals surface area (Å²) in [5.74, 6) is -9.04. The quantitative estimate of drug-likeness (QED) is 0.0726. The number of allylic oxidation sites excluding steroid dienone is 2. The number of rotatable bonds is 22. The van der Waals surface area contributed by atoms with E-state index in [2.05, 4.69) is 26.2 Å². The Balaban J connectivity index is 4.55. The Labute approximate surface area is 569 Å². The third-order valence-corrected chi connectivity index (χ3v) is 19.1. The highest BCUT2D eigenvalue weighted by molar-refractivity contribution is 7.99. The third-order valence-electron chi connectivity index (χ3n) is 18.1. The minimum atomic E-state index is -1.63. The fourth-order valence-electron chi connectivity index (χ4n) is 11.9. The van der Waals surface area contributed by atoms with Crippen molar-refractivity contribution >= 4 is 76.7 Å². The van der Waals surface area contributed by atoms with Crippen LogP contribution in [0.2, 0.25) is 0 Å². The number of amides is 11. The molecular weight excluding hydrogens is 1220 g/mol. The minimum Gasteiger partial charge on any atom is -0.390 e. The van der Waals surface area contributed by atoms with Crippen molar-refractivity contribution in [3.8, 4) is 0 Å². The van der Waals surface area contributed by atoms with E-state index in [4.69, 9.17) is 0 Å². The Bertz CT molecular complexity index is 2530. The molecule has 94 heavy (non-hydrogen) atoms. The Morgan fingerprint density at radius 2 is 0.862 bits per heavy atom. The van der Waals surface area contributed by atoms with E-state index in [1.165, 1.54) is 104 Å². The molecule has 0 aliphatic carbocycles. The molecular formula is C69H126N12O12S. The van der Waals surface area contributed by atoms with Gasteiger partial charge in [0.1, 0.15) is 66.5 Å². The number of aliphatic hydroxyl groups excluding tert-OH is 1. The molecule has 1 aliphatic rings. The van der Waals surface area contributed by atoms with Crippen LogP contribution >= 0.6 is 11.8 Å². The van der Waals surface area contributed by atoms with Gasteiger partial charge in [-0.05, 0) is 114 Å². The Morgan fingerprint density at radius 1 is 0.457 bits per heavy atom. The van der Waals surface area contributed by atoms with E-state index in [0.717, 1.165) is 18.0 Å². The van der Waals surface area contributed by atoms with Gasteiger partial charge in [-0.1, -0.05) is 123 Å². The van der Waals surface area contributed by atoms with Crippen molar-refractivity contribution in [3.05, 3.63) is 12.2 Å². The lowest BCUT2D eigenvalue weighted by molar-refractivity contribution is -0.157. The molecule has 1 fully saturated rings. The van der Waals surface area contributed by atoms with E-state index in [-0.39, 0.29) is 61.5 Å². The number of carbonyl (C=O) groups excluding carboxylic acids is 11. The number of likely N-dealkylation sites (N-methyl/N-ethyl adjacent to an activating group) is 7. The maximum Gasteiger partial charge on any atom is 0.246 e. The van der Waals surface area contributed by atoms with Gasteiger partial charge in [0.15, 0.2) is 0 Å². The molecule has 0 spiro atoms. The van der Waals surface area contributed by atoms with E-state index >= 15 is 28.8 Å². The Hall–Kier alpha value is -5.82. The van der Waals surface area contributed by atoms with Crippen LogP contribution in [0.4, 0.5) is 0 Å². The lowest BCUT2D eigenvalue weighted by Gasteiger charge is -2.41. The standard InChI is InChI=1S/C69H126N12O12S/c1-27-31-32-46(17)58(82)57-62(86)72-49(28-2)64(88)78(24)54(39-94-34-33-81(29-3)30-4)67(91)74(20)51(36-41(7)8)61(85)73-55(44(13)14)68(92)75(21)50(35-40(5)6)60(84)70-47(18)59(83)71-48(19)63(87)76(22)52(37-42(9)10)65(89)77(23)53(38-43(11)12)66(90)79(25)56(45(15)16)69(93)80(57)26/h27,31,40-58,82H,28-30,32-39H2,1-26H3,(H,70,84)(H,71,83)(H,72,86)(H,73,85)/b31-27+/t46-,47+,48+,49+,50+,51+,52+,53+,54-,55+,56+,57+,58-/m1/s1. The average Bonchev–Trinajstić information content (AvgIpc) is 0.858. The minimum absolute atomic E-state index is 0.0108. The normalized spacial score (nSPS) is 26.3. The van der Waals surface area contributed by atoms with E-state index in [0.29, 0.717) is 18.7 Å². The summed E-state index contributed by atoms with van der Waals surface area (Å²) in [6.07, 6.45) is 3.01. The first-order valence-corrected chi connectivity index (χ1v) is 35.4. The predicted octanol–water partition coefficient (Wildman–Crippen LogP) is 4.71. The van der Waals surface area contributed by atoms with Crippen molar-refractivity contribution in [1.29, 1.82) is 0 Å². The van der Waals surface area contributed by atoms with Crippen LogP contribution in [0.3, 0.4) is 0 Å². The van der Waals surface area contributed by atoms with Crippen LogP contribution in [0.1, 0.15) is 170 Å². The fourth-order valence-corrected chi connectivity index (χ4v) is 13.1. The highest BCUT2D eigenvalue weighted by Crippen LogP contribution is 2.26. The highest BCUT2D eigenvalue weighted by atomic mass is 32.2. The van der Waals surface area contributed by atoms with Crippen molar-refractivity contribution < 1.29 is 57.8 Å². The third kappa shape index (κ3) is 24.7. The lowest BCUT2D eigenvalue weighted by Crippen LogP contribution is -2.64. The topological polar surface area (TPSA) is 282 Å². The number of nitrogens with one attached hydrogen (secondary N) is 4.